The maximum atomic E-state index is 13.7. The van der Waals surface area contributed by atoms with Crippen molar-refractivity contribution in [3.8, 4) is 11.3 Å². The summed E-state index contributed by atoms with van der Waals surface area (Å²) >= 11 is 0. The van der Waals surface area contributed by atoms with Crippen molar-refractivity contribution in [3.05, 3.63) is 65.1 Å². The number of aromatic amines is 1. The number of rotatable bonds is 4. The summed E-state index contributed by atoms with van der Waals surface area (Å²) in [5.41, 5.74) is 3.46. The Labute approximate surface area is 146 Å². The highest BCUT2D eigenvalue weighted by Crippen LogP contribution is 2.26. The van der Waals surface area contributed by atoms with Crippen molar-refractivity contribution in [2.45, 2.75) is 25.7 Å². The van der Waals surface area contributed by atoms with Crippen molar-refractivity contribution in [2.75, 3.05) is 4.72 Å². The zero-order valence-electron chi connectivity index (χ0n) is 14.1. The second-order valence-electron chi connectivity index (χ2n) is 5.99. The molecule has 0 aliphatic heterocycles. The van der Waals surface area contributed by atoms with Gasteiger partial charge in [0.15, 0.2) is 0 Å². The van der Waals surface area contributed by atoms with Crippen LogP contribution in [0.1, 0.15) is 16.8 Å². The summed E-state index contributed by atoms with van der Waals surface area (Å²) in [7, 11) is -3.85. The summed E-state index contributed by atoms with van der Waals surface area (Å²) in [4.78, 5) is 0.131. The first-order chi connectivity index (χ1) is 11.8. The van der Waals surface area contributed by atoms with E-state index in [1.54, 1.807) is 26.0 Å². The van der Waals surface area contributed by atoms with Crippen molar-refractivity contribution in [2.24, 2.45) is 0 Å². The van der Waals surface area contributed by atoms with Crippen LogP contribution in [0.25, 0.3) is 11.3 Å². The molecule has 0 aliphatic carbocycles. The Balaban J connectivity index is 2.00. The minimum atomic E-state index is -3.85. The second-order valence-corrected chi connectivity index (χ2v) is 7.64. The molecule has 2 N–H and O–H groups in total. The van der Waals surface area contributed by atoms with Crippen LogP contribution in [0.3, 0.4) is 0 Å². The van der Waals surface area contributed by atoms with E-state index >= 15 is 0 Å². The second kappa shape index (κ2) is 6.33. The maximum Gasteiger partial charge on any atom is 0.262 e. The molecule has 3 aromatic rings. The van der Waals surface area contributed by atoms with Gasteiger partial charge >= 0.3 is 0 Å². The molecule has 0 fully saturated rings. The zero-order valence-corrected chi connectivity index (χ0v) is 14.9. The Bertz CT molecular complexity index is 1040. The highest BCUT2D eigenvalue weighted by Gasteiger charge is 2.19. The van der Waals surface area contributed by atoms with Gasteiger partial charge in [0, 0.05) is 11.3 Å². The van der Waals surface area contributed by atoms with Gasteiger partial charge in [0.2, 0.25) is 0 Å². The predicted octanol–water partition coefficient (Wildman–Crippen LogP) is 3.94. The molecule has 7 heteroatoms. The van der Waals surface area contributed by atoms with Crippen LogP contribution < -0.4 is 4.72 Å². The van der Waals surface area contributed by atoms with Gasteiger partial charge in [0.1, 0.15) is 5.82 Å². The molecule has 1 heterocycles. The molecule has 0 bridgehead atoms. The van der Waals surface area contributed by atoms with Crippen LogP contribution in [-0.2, 0) is 10.0 Å². The SMILES string of the molecule is Cc1cc(-c2ccc(C)c(S(=O)(=O)Nc3ccc(C)c(F)c3)c2)n[nH]1. The first kappa shape index (κ1) is 17.2. The fraction of sp³-hybridized carbons (Fsp3) is 0.167. The average molecular weight is 359 g/mol. The maximum absolute atomic E-state index is 13.7. The molecule has 0 amide bonds. The van der Waals surface area contributed by atoms with E-state index in [4.69, 9.17) is 0 Å². The summed E-state index contributed by atoms with van der Waals surface area (Å²) in [5.74, 6) is -0.460. The van der Waals surface area contributed by atoms with Gasteiger partial charge in [-0.25, -0.2) is 12.8 Å². The number of H-pyrrole nitrogens is 1. The molecular weight excluding hydrogens is 341 g/mol. The van der Waals surface area contributed by atoms with Gasteiger partial charge in [0.25, 0.3) is 10.0 Å². The fourth-order valence-electron chi connectivity index (χ4n) is 2.48. The lowest BCUT2D eigenvalue weighted by atomic mass is 10.1. The quantitative estimate of drug-likeness (QED) is 0.741. The number of anilines is 1. The lowest BCUT2D eigenvalue weighted by Crippen LogP contribution is -2.14. The molecule has 0 atom stereocenters. The third kappa shape index (κ3) is 3.56. The number of benzene rings is 2. The van der Waals surface area contributed by atoms with Crippen molar-refractivity contribution in [1.29, 1.82) is 0 Å². The van der Waals surface area contributed by atoms with E-state index < -0.39 is 15.8 Å². The summed E-state index contributed by atoms with van der Waals surface area (Å²) in [6.45, 7) is 5.20. The number of hydrogen-bond donors (Lipinski definition) is 2. The van der Waals surface area contributed by atoms with E-state index in [1.165, 1.54) is 18.2 Å². The Hall–Kier alpha value is -2.67. The van der Waals surface area contributed by atoms with Crippen molar-refractivity contribution >= 4 is 15.7 Å². The highest BCUT2D eigenvalue weighted by atomic mass is 32.2. The molecule has 130 valence electrons. The predicted molar refractivity (Wildman–Crippen MR) is 95.4 cm³/mol. The van der Waals surface area contributed by atoms with Crippen LogP contribution in [0.4, 0.5) is 10.1 Å². The largest absolute Gasteiger partial charge is 0.282 e. The normalized spacial score (nSPS) is 11.5. The van der Waals surface area contributed by atoms with Gasteiger partial charge in [-0.2, -0.15) is 5.10 Å². The molecule has 0 spiro atoms. The molecular formula is C18H18FN3O2S. The molecule has 0 unspecified atom stereocenters. The van der Waals surface area contributed by atoms with E-state index in [9.17, 15) is 12.8 Å². The Morgan fingerprint density at radius 3 is 2.36 bits per heavy atom. The number of aromatic nitrogens is 2. The first-order valence-electron chi connectivity index (χ1n) is 7.68. The van der Waals surface area contributed by atoms with Gasteiger partial charge < -0.3 is 0 Å². The summed E-state index contributed by atoms with van der Waals surface area (Å²) < 4.78 is 41.6. The third-order valence-electron chi connectivity index (χ3n) is 3.90. The lowest BCUT2D eigenvalue weighted by Gasteiger charge is -2.12. The number of halogens is 1. The average Bonchev–Trinajstić information content (AvgIpc) is 2.97. The van der Waals surface area contributed by atoms with Crippen LogP contribution in [-0.4, -0.2) is 18.6 Å². The highest BCUT2D eigenvalue weighted by molar-refractivity contribution is 7.92. The molecule has 1 aromatic heterocycles. The van der Waals surface area contributed by atoms with Crippen LogP contribution >= 0.6 is 0 Å². The number of nitrogens with one attached hydrogen (secondary N) is 2. The minimum absolute atomic E-state index is 0.131. The van der Waals surface area contributed by atoms with Gasteiger partial charge in [0.05, 0.1) is 16.3 Å². The van der Waals surface area contributed by atoms with Gasteiger partial charge in [-0.3, -0.25) is 9.82 Å². The van der Waals surface area contributed by atoms with Gasteiger partial charge in [-0.1, -0.05) is 18.2 Å². The van der Waals surface area contributed by atoms with E-state index in [0.29, 0.717) is 22.4 Å². The van der Waals surface area contributed by atoms with E-state index in [0.717, 1.165) is 5.69 Å². The first-order valence-corrected chi connectivity index (χ1v) is 9.16. The van der Waals surface area contributed by atoms with E-state index in [1.807, 2.05) is 19.1 Å². The Kier molecular flexibility index (Phi) is 4.34. The number of hydrogen-bond acceptors (Lipinski definition) is 3. The number of aryl methyl sites for hydroxylation is 3. The molecule has 0 aliphatic rings. The standard InChI is InChI=1S/C18H18FN3O2S/c1-11-5-7-15(10-16(11)19)22-25(23,24)18-9-14(6-4-12(18)2)17-8-13(3)20-21-17/h4-10,22H,1-3H3,(H,20,21). The number of sulfonamides is 1. The smallest absolute Gasteiger partial charge is 0.262 e. The van der Waals surface area contributed by atoms with Crippen molar-refractivity contribution < 1.29 is 12.8 Å². The topological polar surface area (TPSA) is 74.8 Å². The van der Waals surface area contributed by atoms with Crippen LogP contribution in [0.5, 0.6) is 0 Å². The molecule has 25 heavy (non-hydrogen) atoms. The molecule has 3 rings (SSSR count). The summed E-state index contributed by atoms with van der Waals surface area (Å²) in [5, 5.41) is 6.99. The fourth-order valence-corrected chi connectivity index (χ4v) is 3.80. The summed E-state index contributed by atoms with van der Waals surface area (Å²) in [6, 6.07) is 11.2. The molecule has 2 aromatic carbocycles. The van der Waals surface area contributed by atoms with Crippen LogP contribution in [0.15, 0.2) is 47.4 Å². The van der Waals surface area contributed by atoms with Crippen LogP contribution in [0.2, 0.25) is 0 Å². The monoisotopic (exact) mass is 359 g/mol. The molecule has 0 radical (unpaired) electrons. The minimum Gasteiger partial charge on any atom is -0.282 e. The molecule has 0 saturated heterocycles. The van der Waals surface area contributed by atoms with Gasteiger partial charge in [-0.15, -0.1) is 0 Å². The van der Waals surface area contributed by atoms with Crippen molar-refractivity contribution in [3.63, 3.8) is 0 Å². The summed E-state index contributed by atoms with van der Waals surface area (Å²) in [6.07, 6.45) is 0. The van der Waals surface area contributed by atoms with Crippen molar-refractivity contribution in [1.82, 2.24) is 10.2 Å². The Morgan fingerprint density at radius 2 is 1.72 bits per heavy atom. The van der Waals surface area contributed by atoms with E-state index in [-0.39, 0.29) is 10.6 Å². The lowest BCUT2D eigenvalue weighted by molar-refractivity contribution is 0.600. The van der Waals surface area contributed by atoms with E-state index in [2.05, 4.69) is 14.9 Å². The number of nitrogens with zero attached hydrogens (tertiary/aromatic N) is 1. The zero-order chi connectivity index (χ0) is 18.2. The third-order valence-corrected chi connectivity index (χ3v) is 5.43. The van der Waals surface area contributed by atoms with Gasteiger partial charge in [-0.05, 0) is 56.2 Å². The molecule has 0 saturated carbocycles. The Morgan fingerprint density at radius 1 is 1.00 bits per heavy atom. The van der Waals surface area contributed by atoms with Crippen LogP contribution in [0, 0.1) is 26.6 Å². The molecule has 5 nitrogen and oxygen atoms in total.